The van der Waals surface area contributed by atoms with Crippen molar-refractivity contribution in [2.45, 2.75) is 57.2 Å². The van der Waals surface area contributed by atoms with Crippen molar-refractivity contribution in [3.63, 3.8) is 0 Å². The first-order chi connectivity index (χ1) is 13.6. The lowest BCUT2D eigenvalue weighted by atomic mass is 10.1. The predicted octanol–water partition coefficient (Wildman–Crippen LogP) is 2.76. The van der Waals surface area contributed by atoms with Gasteiger partial charge in [0.05, 0.1) is 29.8 Å². The summed E-state index contributed by atoms with van der Waals surface area (Å²) in [6.45, 7) is 3.48. The van der Waals surface area contributed by atoms with Gasteiger partial charge >= 0.3 is 6.18 Å². The number of nitrogens with one attached hydrogen (secondary N) is 1. The maximum Gasteiger partial charge on any atom is 0.435 e. The highest BCUT2D eigenvalue weighted by atomic mass is 32.2. The van der Waals surface area contributed by atoms with Crippen molar-refractivity contribution in [1.29, 1.82) is 0 Å². The monoisotopic (exact) mass is 429 g/mol. The highest BCUT2D eigenvalue weighted by molar-refractivity contribution is 7.90. The van der Waals surface area contributed by atoms with E-state index in [-0.39, 0.29) is 18.2 Å². The number of sulfonamides is 1. The van der Waals surface area contributed by atoms with Crippen LogP contribution in [0, 0.1) is 0 Å². The SMILES string of the molecule is CC(C)S(=O)(=O)N[C@@H]1Cc2ccc(-n3nc(C(F)(F)F)c4c3CCOC4)cc2C1. The number of hydrogen-bond acceptors (Lipinski definition) is 4. The number of ether oxygens (including phenoxy) is 1. The molecule has 1 aliphatic carbocycles. The molecule has 4 rings (SSSR count). The minimum Gasteiger partial charge on any atom is -0.376 e. The lowest BCUT2D eigenvalue weighted by molar-refractivity contribution is -0.142. The number of fused-ring (bicyclic) bond motifs is 2. The highest BCUT2D eigenvalue weighted by Crippen LogP contribution is 2.36. The Morgan fingerprint density at radius 2 is 1.97 bits per heavy atom. The van der Waals surface area contributed by atoms with E-state index in [1.165, 1.54) is 4.68 Å². The third kappa shape index (κ3) is 3.80. The van der Waals surface area contributed by atoms with Gasteiger partial charge in [0.15, 0.2) is 5.69 Å². The zero-order valence-corrected chi connectivity index (χ0v) is 16.9. The first-order valence-electron chi connectivity index (χ1n) is 9.45. The van der Waals surface area contributed by atoms with Crippen LogP contribution in [0.2, 0.25) is 0 Å². The van der Waals surface area contributed by atoms with E-state index < -0.39 is 27.1 Å². The summed E-state index contributed by atoms with van der Waals surface area (Å²) in [7, 11) is -3.39. The number of aromatic nitrogens is 2. The quantitative estimate of drug-likeness (QED) is 0.811. The molecule has 0 spiro atoms. The second-order valence-electron chi connectivity index (χ2n) is 7.76. The van der Waals surface area contributed by atoms with Crippen LogP contribution in [0.1, 0.15) is 41.9 Å². The smallest absolute Gasteiger partial charge is 0.376 e. The number of nitrogens with zero attached hydrogens (tertiary/aromatic N) is 2. The Balaban J connectivity index is 1.66. The molecule has 2 heterocycles. The molecule has 2 aliphatic rings. The van der Waals surface area contributed by atoms with E-state index in [2.05, 4.69) is 9.82 Å². The molecule has 2 aromatic rings. The average Bonchev–Trinajstić information content (AvgIpc) is 3.20. The van der Waals surface area contributed by atoms with Gasteiger partial charge in [-0.2, -0.15) is 18.3 Å². The normalized spacial score (nSPS) is 19.4. The molecular weight excluding hydrogens is 407 g/mol. The number of alkyl halides is 3. The van der Waals surface area contributed by atoms with E-state index in [4.69, 9.17) is 4.74 Å². The molecule has 0 saturated carbocycles. The van der Waals surface area contributed by atoms with Crippen LogP contribution < -0.4 is 4.72 Å². The third-order valence-corrected chi connectivity index (χ3v) is 7.31. The Labute approximate surface area is 167 Å². The van der Waals surface area contributed by atoms with Gasteiger partial charge in [0, 0.05) is 18.0 Å². The molecular formula is C19H22F3N3O3S. The summed E-state index contributed by atoms with van der Waals surface area (Å²) in [5, 5.41) is 3.33. The van der Waals surface area contributed by atoms with Crippen LogP contribution in [-0.4, -0.2) is 36.1 Å². The highest BCUT2D eigenvalue weighted by Gasteiger charge is 2.40. The van der Waals surface area contributed by atoms with Crippen LogP contribution in [0.25, 0.3) is 5.69 Å². The van der Waals surface area contributed by atoms with Crippen LogP contribution in [0.15, 0.2) is 18.2 Å². The van der Waals surface area contributed by atoms with Gasteiger partial charge in [-0.05, 0) is 49.9 Å². The molecule has 6 nitrogen and oxygen atoms in total. The molecule has 1 N–H and O–H groups in total. The lowest BCUT2D eigenvalue weighted by Gasteiger charge is -2.16. The zero-order valence-electron chi connectivity index (χ0n) is 16.1. The molecule has 29 heavy (non-hydrogen) atoms. The third-order valence-electron chi connectivity index (χ3n) is 5.41. The summed E-state index contributed by atoms with van der Waals surface area (Å²) in [6.07, 6.45) is -3.15. The number of rotatable bonds is 4. The van der Waals surface area contributed by atoms with Crippen molar-refractivity contribution in [3.8, 4) is 5.69 Å². The standard InChI is InChI=1S/C19H22F3N3O3S/c1-11(2)29(26,27)24-14-7-12-3-4-15(9-13(12)8-14)25-17-5-6-28-10-16(17)18(23-25)19(20,21)22/h3-4,9,11,14,24H,5-8,10H2,1-2H3/t14-/m1/s1. The second kappa shape index (κ2) is 7.10. The number of hydrogen-bond donors (Lipinski definition) is 1. The van der Waals surface area contributed by atoms with Crippen LogP contribution in [0.5, 0.6) is 0 Å². The van der Waals surface area contributed by atoms with E-state index in [1.807, 2.05) is 12.1 Å². The Bertz CT molecular complexity index is 1040. The molecule has 0 bridgehead atoms. The van der Waals surface area contributed by atoms with Gasteiger partial charge in [-0.25, -0.2) is 17.8 Å². The van der Waals surface area contributed by atoms with Gasteiger partial charge in [-0.15, -0.1) is 0 Å². The molecule has 1 aliphatic heterocycles. The number of benzene rings is 1. The largest absolute Gasteiger partial charge is 0.435 e. The van der Waals surface area contributed by atoms with Gasteiger partial charge in [0.2, 0.25) is 10.0 Å². The number of halogens is 3. The van der Waals surface area contributed by atoms with Gasteiger partial charge in [0.25, 0.3) is 0 Å². The van der Waals surface area contributed by atoms with Gasteiger partial charge < -0.3 is 4.74 Å². The van der Waals surface area contributed by atoms with Crippen molar-refractivity contribution >= 4 is 10.0 Å². The van der Waals surface area contributed by atoms with Gasteiger partial charge in [0.1, 0.15) is 0 Å². The van der Waals surface area contributed by atoms with Crippen molar-refractivity contribution < 1.29 is 26.3 Å². The van der Waals surface area contributed by atoms with Crippen molar-refractivity contribution in [2.24, 2.45) is 0 Å². The summed E-state index contributed by atoms with van der Waals surface area (Å²) < 4.78 is 73.8. The van der Waals surface area contributed by atoms with Crippen LogP contribution >= 0.6 is 0 Å². The maximum absolute atomic E-state index is 13.4. The lowest BCUT2D eigenvalue weighted by Crippen LogP contribution is -2.39. The predicted molar refractivity (Wildman–Crippen MR) is 100 cm³/mol. The molecule has 0 fully saturated rings. The van der Waals surface area contributed by atoms with Gasteiger partial charge in [-0.1, -0.05) is 6.07 Å². The minimum atomic E-state index is -4.55. The molecule has 1 aromatic heterocycles. The Morgan fingerprint density at radius 1 is 1.24 bits per heavy atom. The first-order valence-corrected chi connectivity index (χ1v) is 11.0. The van der Waals surface area contributed by atoms with Crippen LogP contribution in [0.4, 0.5) is 13.2 Å². The van der Waals surface area contributed by atoms with Crippen molar-refractivity contribution in [1.82, 2.24) is 14.5 Å². The molecule has 1 atom stereocenters. The van der Waals surface area contributed by atoms with E-state index >= 15 is 0 Å². The Morgan fingerprint density at radius 3 is 2.66 bits per heavy atom. The minimum absolute atomic E-state index is 0.0896. The van der Waals surface area contributed by atoms with Crippen molar-refractivity contribution in [3.05, 3.63) is 46.3 Å². The molecule has 0 amide bonds. The fourth-order valence-electron chi connectivity index (χ4n) is 3.87. The fraction of sp³-hybridized carbons (Fsp3) is 0.526. The summed E-state index contributed by atoms with van der Waals surface area (Å²) in [5.41, 5.74) is 2.15. The van der Waals surface area contributed by atoms with Crippen molar-refractivity contribution in [2.75, 3.05) is 6.61 Å². The Kier molecular flexibility index (Phi) is 4.99. The van der Waals surface area contributed by atoms with Gasteiger partial charge in [-0.3, -0.25) is 0 Å². The second-order valence-corrected chi connectivity index (χ2v) is 10.0. The fourth-order valence-corrected chi connectivity index (χ4v) is 4.77. The molecule has 0 radical (unpaired) electrons. The topological polar surface area (TPSA) is 73.2 Å². The summed E-state index contributed by atoms with van der Waals surface area (Å²) in [4.78, 5) is 0. The van der Waals surface area contributed by atoms with E-state index in [0.717, 1.165) is 11.1 Å². The summed E-state index contributed by atoms with van der Waals surface area (Å²) >= 11 is 0. The molecule has 10 heteroatoms. The molecule has 0 unspecified atom stereocenters. The molecule has 158 valence electrons. The Hall–Kier alpha value is -1.91. The first kappa shape index (κ1) is 20.4. The van der Waals surface area contributed by atoms with Crippen LogP contribution in [-0.2, 0) is 46.8 Å². The maximum atomic E-state index is 13.4. The van der Waals surface area contributed by atoms with E-state index in [1.54, 1.807) is 19.9 Å². The van der Waals surface area contributed by atoms with E-state index in [9.17, 15) is 21.6 Å². The summed E-state index contributed by atoms with van der Waals surface area (Å²) in [5.74, 6) is 0. The average molecular weight is 429 g/mol. The molecule has 1 aromatic carbocycles. The molecule has 0 saturated heterocycles. The summed E-state index contributed by atoms with van der Waals surface area (Å²) in [6, 6.07) is 5.14. The van der Waals surface area contributed by atoms with Crippen LogP contribution in [0.3, 0.4) is 0 Å². The van der Waals surface area contributed by atoms with E-state index in [0.29, 0.717) is 37.3 Å². The zero-order chi connectivity index (χ0) is 21.0.